The molecule has 0 heterocycles. The summed E-state index contributed by atoms with van der Waals surface area (Å²) >= 11 is 0. The van der Waals surface area contributed by atoms with Crippen molar-refractivity contribution in [2.75, 3.05) is 13.2 Å². The normalized spacial score (nSPS) is 13.4. The number of allylic oxidation sites excluding steroid dienone is 7. The van der Waals surface area contributed by atoms with Crippen molar-refractivity contribution in [3.63, 3.8) is 0 Å². The highest BCUT2D eigenvalue weighted by atomic mass is 16.6. The second kappa shape index (κ2) is 36.7. The third-order valence-corrected chi connectivity index (χ3v) is 8.23. The molecule has 6 heteroatoms. The first-order chi connectivity index (χ1) is 23.0. The molecule has 0 amide bonds. The fraction of sp³-hybridized carbons (Fsp3) is 0.756. The minimum atomic E-state index is -0.803. The molecule has 0 aliphatic heterocycles. The maximum Gasteiger partial charge on any atom is 0.306 e. The number of ether oxygens (including phenoxy) is 2. The molecule has 0 saturated carbocycles. The Morgan fingerprint density at radius 3 is 1.70 bits per heavy atom. The van der Waals surface area contributed by atoms with Crippen molar-refractivity contribution < 1.29 is 29.3 Å². The van der Waals surface area contributed by atoms with Crippen molar-refractivity contribution in [1.82, 2.24) is 0 Å². The number of hydrogen-bond acceptors (Lipinski definition) is 6. The van der Waals surface area contributed by atoms with Gasteiger partial charge in [-0.25, -0.2) is 0 Å². The third-order valence-electron chi connectivity index (χ3n) is 8.23. The molecule has 0 aliphatic carbocycles. The van der Waals surface area contributed by atoms with E-state index in [4.69, 9.17) is 9.47 Å². The van der Waals surface area contributed by atoms with E-state index in [9.17, 15) is 19.8 Å². The van der Waals surface area contributed by atoms with E-state index in [-0.39, 0.29) is 37.7 Å². The fourth-order valence-corrected chi connectivity index (χ4v) is 5.24. The van der Waals surface area contributed by atoms with Gasteiger partial charge in [-0.3, -0.25) is 9.59 Å². The van der Waals surface area contributed by atoms with Gasteiger partial charge in [0.15, 0.2) is 6.10 Å². The van der Waals surface area contributed by atoms with E-state index in [1.54, 1.807) is 0 Å². The first kappa shape index (κ1) is 44.8. The molecule has 0 saturated heterocycles. The monoisotopic (exact) mass is 661 g/mol. The Morgan fingerprint density at radius 2 is 1.11 bits per heavy atom. The standard InChI is InChI=1S/C41H72O6/c1-3-5-7-8-9-10-11-12-13-14-17-21-24-27-31-35-41(45)47-39(36-42)37-46-40(44)34-30-26-23-20-18-15-16-19-22-25-29-33-38(43)32-28-6-4-2/h15-16,20,22-23,25,29,33,38-39,42-43H,3-14,17-19,21,24,26-28,30-32,34-37H2,1-2H3/b16-15-,23-20-,25-22-,33-29+/t38-,39+/m1/s1. The molecule has 0 unspecified atom stereocenters. The molecule has 6 nitrogen and oxygen atoms in total. The highest BCUT2D eigenvalue weighted by Crippen LogP contribution is 2.14. The summed E-state index contributed by atoms with van der Waals surface area (Å²) < 4.78 is 10.5. The summed E-state index contributed by atoms with van der Waals surface area (Å²) in [6.07, 6.45) is 42.1. The van der Waals surface area contributed by atoms with E-state index in [2.05, 4.69) is 44.2 Å². The van der Waals surface area contributed by atoms with Gasteiger partial charge in [0, 0.05) is 12.8 Å². The lowest BCUT2D eigenvalue weighted by Gasteiger charge is -2.15. The Bertz CT molecular complexity index is 815. The fourth-order valence-electron chi connectivity index (χ4n) is 5.24. The highest BCUT2D eigenvalue weighted by Gasteiger charge is 2.16. The molecular weight excluding hydrogens is 588 g/mol. The van der Waals surface area contributed by atoms with Crippen LogP contribution in [0.3, 0.4) is 0 Å². The molecule has 0 rings (SSSR count). The lowest BCUT2D eigenvalue weighted by molar-refractivity contribution is -0.161. The van der Waals surface area contributed by atoms with Crippen molar-refractivity contribution in [2.45, 2.75) is 187 Å². The minimum Gasteiger partial charge on any atom is -0.462 e. The molecule has 2 atom stereocenters. The molecule has 47 heavy (non-hydrogen) atoms. The summed E-state index contributed by atoms with van der Waals surface area (Å²) in [7, 11) is 0. The number of aliphatic hydroxyl groups excluding tert-OH is 2. The second-order valence-electron chi connectivity index (χ2n) is 12.9. The Kier molecular flexibility index (Phi) is 35.0. The zero-order chi connectivity index (χ0) is 34.5. The first-order valence-corrected chi connectivity index (χ1v) is 19.3. The lowest BCUT2D eigenvalue weighted by Crippen LogP contribution is -2.28. The number of rotatable bonds is 34. The Hall–Kier alpha value is -2.18. The van der Waals surface area contributed by atoms with E-state index < -0.39 is 6.10 Å². The molecule has 0 aliphatic rings. The average Bonchev–Trinajstić information content (AvgIpc) is 3.07. The van der Waals surface area contributed by atoms with Gasteiger partial charge in [0.1, 0.15) is 6.61 Å². The second-order valence-corrected chi connectivity index (χ2v) is 12.9. The van der Waals surface area contributed by atoms with Crippen LogP contribution in [0.5, 0.6) is 0 Å². The SMILES string of the molecule is CCCCCCCCCCCCCCCCCC(=O)O[C@@H](CO)COC(=O)CCC/C=C\C/C=C\C/C=C\C=C\[C@H](O)CCCCC. The largest absolute Gasteiger partial charge is 0.462 e. The van der Waals surface area contributed by atoms with Crippen LogP contribution in [0.4, 0.5) is 0 Å². The van der Waals surface area contributed by atoms with Gasteiger partial charge in [0.2, 0.25) is 0 Å². The lowest BCUT2D eigenvalue weighted by atomic mass is 10.0. The van der Waals surface area contributed by atoms with Crippen LogP contribution in [-0.2, 0) is 19.1 Å². The summed E-state index contributed by atoms with van der Waals surface area (Å²) in [5.41, 5.74) is 0. The zero-order valence-electron chi connectivity index (χ0n) is 30.4. The van der Waals surface area contributed by atoms with Crippen LogP contribution >= 0.6 is 0 Å². The van der Waals surface area contributed by atoms with Gasteiger partial charge >= 0.3 is 11.9 Å². The number of carbonyl (C=O) groups excluding carboxylic acids is 2. The topological polar surface area (TPSA) is 93.1 Å². The van der Waals surface area contributed by atoms with Crippen LogP contribution in [0.1, 0.15) is 174 Å². The number of unbranched alkanes of at least 4 members (excludes halogenated alkanes) is 17. The molecule has 0 aromatic rings. The summed E-state index contributed by atoms with van der Waals surface area (Å²) in [6.45, 7) is 3.96. The molecule has 0 radical (unpaired) electrons. The van der Waals surface area contributed by atoms with Crippen LogP contribution in [0.15, 0.2) is 48.6 Å². The molecule has 0 spiro atoms. The minimum absolute atomic E-state index is 0.107. The van der Waals surface area contributed by atoms with Crippen LogP contribution in [0.2, 0.25) is 0 Å². The smallest absolute Gasteiger partial charge is 0.306 e. The summed E-state index contributed by atoms with van der Waals surface area (Å²) in [5.74, 6) is -0.681. The van der Waals surface area contributed by atoms with Gasteiger partial charge in [0.25, 0.3) is 0 Å². The molecular formula is C41H72O6. The van der Waals surface area contributed by atoms with Crippen LogP contribution < -0.4 is 0 Å². The van der Waals surface area contributed by atoms with Gasteiger partial charge < -0.3 is 19.7 Å². The number of aliphatic hydroxyl groups is 2. The molecule has 0 fully saturated rings. The number of hydrogen-bond donors (Lipinski definition) is 2. The summed E-state index contributed by atoms with van der Waals surface area (Å²) in [6, 6.07) is 0. The van der Waals surface area contributed by atoms with Gasteiger partial charge in [-0.2, -0.15) is 0 Å². The van der Waals surface area contributed by atoms with Crippen molar-refractivity contribution in [3.05, 3.63) is 48.6 Å². The van der Waals surface area contributed by atoms with Crippen LogP contribution in [0, 0.1) is 0 Å². The van der Waals surface area contributed by atoms with Crippen molar-refractivity contribution in [3.8, 4) is 0 Å². The molecule has 0 aromatic carbocycles. The average molecular weight is 661 g/mol. The van der Waals surface area contributed by atoms with Crippen molar-refractivity contribution >= 4 is 11.9 Å². The number of esters is 2. The molecule has 0 aromatic heterocycles. The molecule has 0 bridgehead atoms. The predicted molar refractivity (Wildman–Crippen MR) is 197 cm³/mol. The van der Waals surface area contributed by atoms with Gasteiger partial charge in [-0.1, -0.05) is 172 Å². The van der Waals surface area contributed by atoms with Gasteiger partial charge in [0.05, 0.1) is 12.7 Å². The first-order valence-electron chi connectivity index (χ1n) is 19.3. The maximum atomic E-state index is 12.1. The summed E-state index contributed by atoms with van der Waals surface area (Å²) in [4.78, 5) is 24.2. The zero-order valence-corrected chi connectivity index (χ0v) is 30.4. The van der Waals surface area contributed by atoms with Crippen molar-refractivity contribution in [1.29, 1.82) is 0 Å². The Morgan fingerprint density at radius 1 is 0.596 bits per heavy atom. The quantitative estimate of drug-likeness (QED) is 0.0309. The highest BCUT2D eigenvalue weighted by molar-refractivity contribution is 5.70. The Balaban J connectivity index is 3.70. The van der Waals surface area contributed by atoms with E-state index in [1.807, 2.05) is 18.2 Å². The Labute approximate surface area is 289 Å². The van der Waals surface area contributed by atoms with E-state index >= 15 is 0 Å². The molecule has 272 valence electrons. The molecule has 2 N–H and O–H groups in total. The summed E-state index contributed by atoms with van der Waals surface area (Å²) in [5, 5.41) is 19.4. The van der Waals surface area contributed by atoms with Gasteiger partial charge in [-0.05, 0) is 38.5 Å². The van der Waals surface area contributed by atoms with Crippen LogP contribution in [-0.4, -0.2) is 47.6 Å². The number of carbonyl (C=O) groups is 2. The van der Waals surface area contributed by atoms with E-state index in [1.165, 1.54) is 83.5 Å². The predicted octanol–water partition coefficient (Wildman–Crippen LogP) is 10.8. The third kappa shape index (κ3) is 35.0. The van der Waals surface area contributed by atoms with Gasteiger partial charge in [-0.15, -0.1) is 0 Å². The van der Waals surface area contributed by atoms with Crippen molar-refractivity contribution in [2.24, 2.45) is 0 Å². The van der Waals surface area contributed by atoms with E-state index in [0.717, 1.165) is 57.8 Å². The van der Waals surface area contributed by atoms with E-state index in [0.29, 0.717) is 12.8 Å². The maximum absolute atomic E-state index is 12.1. The van der Waals surface area contributed by atoms with Crippen LogP contribution in [0.25, 0.3) is 0 Å².